The molecule has 1 aromatic heterocycles. The molecule has 0 saturated carbocycles. The second-order valence-electron chi connectivity index (χ2n) is 5.07. The van der Waals surface area contributed by atoms with Crippen LogP contribution in [0.5, 0.6) is 0 Å². The van der Waals surface area contributed by atoms with Gasteiger partial charge in [-0.1, -0.05) is 29.3 Å². The minimum Gasteiger partial charge on any atom is -0.372 e. The van der Waals surface area contributed by atoms with Gasteiger partial charge in [-0.3, -0.25) is 0 Å². The number of anilines is 1. The zero-order chi connectivity index (χ0) is 14.8. The van der Waals surface area contributed by atoms with E-state index in [0.29, 0.717) is 16.7 Å². The van der Waals surface area contributed by atoms with Crippen molar-refractivity contribution in [2.75, 3.05) is 24.6 Å². The highest BCUT2D eigenvalue weighted by atomic mass is 35.5. The molecule has 5 heteroatoms. The van der Waals surface area contributed by atoms with E-state index in [9.17, 15) is 0 Å². The average molecular weight is 323 g/mol. The highest BCUT2D eigenvalue weighted by Crippen LogP contribution is 2.31. The van der Waals surface area contributed by atoms with Crippen LogP contribution in [0.1, 0.15) is 6.42 Å². The Morgan fingerprint density at radius 2 is 2.10 bits per heavy atom. The highest BCUT2D eigenvalue weighted by molar-refractivity contribution is 6.39. The molecule has 2 aromatic rings. The lowest BCUT2D eigenvalue weighted by molar-refractivity contribution is 0.0909. The van der Waals surface area contributed by atoms with Crippen LogP contribution in [-0.4, -0.2) is 30.8 Å². The maximum atomic E-state index is 6.23. The van der Waals surface area contributed by atoms with Gasteiger partial charge >= 0.3 is 0 Å². The summed E-state index contributed by atoms with van der Waals surface area (Å²) < 4.78 is 5.70. The lowest BCUT2D eigenvalue weighted by Crippen LogP contribution is -2.23. The van der Waals surface area contributed by atoms with Gasteiger partial charge in [-0.2, -0.15) is 0 Å². The van der Waals surface area contributed by atoms with Crippen molar-refractivity contribution in [1.82, 2.24) is 4.98 Å². The predicted molar refractivity (Wildman–Crippen MR) is 88.5 cm³/mol. The fourth-order valence-corrected chi connectivity index (χ4v) is 3.01. The molecule has 21 heavy (non-hydrogen) atoms. The standard InChI is InChI=1S/C16H16Cl2N2O/c1-2-9-21-11-7-8-20(10-11)15-6-3-12-13(17)4-5-14(18)16(12)19-15/h2-6,11H,1,7-10H2. The number of ether oxygens (including phenoxy) is 1. The maximum absolute atomic E-state index is 6.23. The summed E-state index contributed by atoms with van der Waals surface area (Å²) in [5.74, 6) is 0.913. The molecule has 2 heterocycles. The number of rotatable bonds is 4. The summed E-state index contributed by atoms with van der Waals surface area (Å²) in [5.41, 5.74) is 0.747. The van der Waals surface area contributed by atoms with E-state index < -0.39 is 0 Å². The molecule has 3 rings (SSSR count). The van der Waals surface area contributed by atoms with E-state index in [1.54, 1.807) is 18.2 Å². The molecule has 1 fully saturated rings. The third-order valence-electron chi connectivity index (χ3n) is 3.66. The van der Waals surface area contributed by atoms with Crippen LogP contribution in [0.3, 0.4) is 0 Å². The van der Waals surface area contributed by atoms with E-state index >= 15 is 0 Å². The highest BCUT2D eigenvalue weighted by Gasteiger charge is 2.24. The number of nitrogens with zero attached hydrogens (tertiary/aromatic N) is 2. The Kier molecular flexibility index (Phi) is 4.34. The first-order chi connectivity index (χ1) is 10.2. The largest absolute Gasteiger partial charge is 0.372 e. The topological polar surface area (TPSA) is 25.4 Å². The lowest BCUT2D eigenvalue weighted by atomic mass is 10.2. The number of benzene rings is 1. The summed E-state index contributed by atoms with van der Waals surface area (Å²) in [7, 11) is 0. The normalized spacial score (nSPS) is 18.4. The summed E-state index contributed by atoms with van der Waals surface area (Å²) in [6, 6.07) is 7.54. The van der Waals surface area contributed by atoms with Crippen LogP contribution in [0.15, 0.2) is 36.9 Å². The number of fused-ring (bicyclic) bond motifs is 1. The number of aromatic nitrogens is 1. The van der Waals surface area contributed by atoms with E-state index in [4.69, 9.17) is 27.9 Å². The van der Waals surface area contributed by atoms with Gasteiger partial charge in [0.1, 0.15) is 5.82 Å². The van der Waals surface area contributed by atoms with Crippen LogP contribution in [0, 0.1) is 0 Å². The summed E-state index contributed by atoms with van der Waals surface area (Å²) in [5, 5.41) is 2.17. The van der Waals surface area contributed by atoms with Crippen molar-refractivity contribution in [3.05, 3.63) is 47.0 Å². The Balaban J connectivity index is 1.85. The molecule has 0 bridgehead atoms. The van der Waals surface area contributed by atoms with E-state index in [1.165, 1.54) is 0 Å². The molecule has 1 aliphatic heterocycles. The smallest absolute Gasteiger partial charge is 0.129 e. The summed E-state index contributed by atoms with van der Waals surface area (Å²) in [6.45, 7) is 6.03. The van der Waals surface area contributed by atoms with Crippen molar-refractivity contribution in [2.24, 2.45) is 0 Å². The van der Waals surface area contributed by atoms with Gasteiger partial charge in [-0.25, -0.2) is 4.98 Å². The first-order valence-electron chi connectivity index (χ1n) is 6.91. The fraction of sp³-hybridized carbons (Fsp3) is 0.312. The Bertz CT molecular complexity index is 675. The molecule has 1 saturated heterocycles. The molecule has 0 N–H and O–H groups in total. The van der Waals surface area contributed by atoms with E-state index in [2.05, 4.69) is 16.5 Å². The minimum atomic E-state index is 0.232. The molecule has 1 unspecified atom stereocenters. The Morgan fingerprint density at radius 1 is 1.29 bits per heavy atom. The van der Waals surface area contributed by atoms with Crippen LogP contribution in [0.25, 0.3) is 10.9 Å². The predicted octanol–water partition coefficient (Wildman–Crippen LogP) is 4.32. The second kappa shape index (κ2) is 6.22. The number of hydrogen-bond donors (Lipinski definition) is 0. The van der Waals surface area contributed by atoms with Gasteiger partial charge in [-0.15, -0.1) is 6.58 Å². The molecule has 0 radical (unpaired) electrons. The summed E-state index contributed by atoms with van der Waals surface area (Å²) in [4.78, 5) is 6.88. The van der Waals surface area contributed by atoms with Crippen molar-refractivity contribution in [1.29, 1.82) is 0 Å². The first kappa shape index (κ1) is 14.6. The van der Waals surface area contributed by atoms with Crippen molar-refractivity contribution < 1.29 is 4.74 Å². The van der Waals surface area contributed by atoms with Crippen LogP contribution in [0.2, 0.25) is 10.0 Å². The third-order valence-corrected chi connectivity index (χ3v) is 4.29. The maximum Gasteiger partial charge on any atom is 0.129 e. The van der Waals surface area contributed by atoms with E-state index in [1.807, 2.05) is 12.1 Å². The van der Waals surface area contributed by atoms with Gasteiger partial charge in [0.15, 0.2) is 0 Å². The number of pyridine rings is 1. The van der Waals surface area contributed by atoms with Crippen LogP contribution in [-0.2, 0) is 4.74 Å². The second-order valence-corrected chi connectivity index (χ2v) is 5.89. The molecular formula is C16H16Cl2N2O. The average Bonchev–Trinajstić information content (AvgIpc) is 2.97. The Hall–Kier alpha value is -1.29. The van der Waals surface area contributed by atoms with Gasteiger partial charge in [-0.05, 0) is 30.7 Å². The van der Waals surface area contributed by atoms with Gasteiger partial charge in [0, 0.05) is 18.5 Å². The zero-order valence-electron chi connectivity index (χ0n) is 11.6. The van der Waals surface area contributed by atoms with Crippen LogP contribution >= 0.6 is 23.2 Å². The molecule has 3 nitrogen and oxygen atoms in total. The van der Waals surface area contributed by atoms with Crippen LogP contribution < -0.4 is 4.90 Å². The third kappa shape index (κ3) is 3.00. The summed E-state index contributed by atoms with van der Waals surface area (Å²) >= 11 is 12.4. The number of hydrogen-bond acceptors (Lipinski definition) is 3. The minimum absolute atomic E-state index is 0.232. The lowest BCUT2D eigenvalue weighted by Gasteiger charge is -2.18. The molecule has 1 aromatic carbocycles. The van der Waals surface area contributed by atoms with Gasteiger partial charge < -0.3 is 9.64 Å². The quantitative estimate of drug-likeness (QED) is 0.784. The van der Waals surface area contributed by atoms with Crippen molar-refractivity contribution in [2.45, 2.75) is 12.5 Å². The van der Waals surface area contributed by atoms with Gasteiger partial charge in [0.2, 0.25) is 0 Å². The fourth-order valence-electron chi connectivity index (χ4n) is 2.59. The monoisotopic (exact) mass is 322 g/mol. The van der Waals surface area contributed by atoms with E-state index in [-0.39, 0.29) is 6.10 Å². The molecule has 0 aliphatic carbocycles. The molecule has 1 aliphatic rings. The van der Waals surface area contributed by atoms with Crippen molar-refractivity contribution >= 4 is 39.9 Å². The van der Waals surface area contributed by atoms with Gasteiger partial charge in [0.05, 0.1) is 28.3 Å². The van der Waals surface area contributed by atoms with E-state index in [0.717, 1.165) is 36.2 Å². The SMILES string of the molecule is C=CCOC1CCN(c2ccc3c(Cl)ccc(Cl)c3n2)C1. The number of halogens is 2. The molecule has 110 valence electrons. The molecule has 0 amide bonds. The molecule has 1 atom stereocenters. The first-order valence-corrected chi connectivity index (χ1v) is 7.67. The molecule has 0 spiro atoms. The van der Waals surface area contributed by atoms with Crippen molar-refractivity contribution in [3.8, 4) is 0 Å². The summed E-state index contributed by atoms with van der Waals surface area (Å²) in [6.07, 6.45) is 3.01. The Morgan fingerprint density at radius 3 is 2.90 bits per heavy atom. The van der Waals surface area contributed by atoms with Gasteiger partial charge in [0.25, 0.3) is 0 Å². The Labute approximate surface area is 134 Å². The zero-order valence-corrected chi connectivity index (χ0v) is 13.1. The van der Waals surface area contributed by atoms with Crippen LogP contribution in [0.4, 0.5) is 5.82 Å². The van der Waals surface area contributed by atoms with Crippen molar-refractivity contribution in [3.63, 3.8) is 0 Å². The molecular weight excluding hydrogens is 307 g/mol.